The summed E-state index contributed by atoms with van der Waals surface area (Å²) in [5.41, 5.74) is 12.5. The molecule has 17 heavy (non-hydrogen) atoms. The lowest BCUT2D eigenvalue weighted by Crippen LogP contribution is -2.01. The van der Waals surface area contributed by atoms with Gasteiger partial charge < -0.3 is 5.73 Å². The van der Waals surface area contributed by atoms with Gasteiger partial charge in [0.1, 0.15) is 0 Å². The zero-order valence-electron chi connectivity index (χ0n) is 10.6. The van der Waals surface area contributed by atoms with Crippen molar-refractivity contribution in [1.82, 2.24) is 4.98 Å². The maximum atomic E-state index is 5.65. The number of pyridine rings is 1. The lowest BCUT2D eigenvalue weighted by Gasteiger charge is -2.09. The fourth-order valence-corrected chi connectivity index (χ4v) is 1.97. The van der Waals surface area contributed by atoms with Crippen LogP contribution in [-0.4, -0.2) is 4.98 Å². The summed E-state index contributed by atoms with van der Waals surface area (Å²) in [6.07, 6.45) is 0. The maximum absolute atomic E-state index is 5.65. The van der Waals surface area contributed by atoms with Crippen LogP contribution >= 0.6 is 0 Å². The molecule has 0 aliphatic rings. The van der Waals surface area contributed by atoms with Crippen molar-refractivity contribution in [1.29, 1.82) is 0 Å². The summed E-state index contributed by atoms with van der Waals surface area (Å²) in [7, 11) is 0. The highest BCUT2D eigenvalue weighted by Crippen LogP contribution is 2.23. The number of hydrogen-bond acceptors (Lipinski definition) is 2. The quantitative estimate of drug-likeness (QED) is 0.854. The first-order valence-corrected chi connectivity index (χ1v) is 5.86. The zero-order valence-corrected chi connectivity index (χ0v) is 10.6. The minimum atomic E-state index is 0.548. The van der Waals surface area contributed by atoms with E-state index in [-0.39, 0.29) is 0 Å². The fraction of sp³-hybridized carbons (Fsp3) is 0.267. The second-order valence-electron chi connectivity index (χ2n) is 4.46. The molecule has 2 aromatic rings. The highest BCUT2D eigenvalue weighted by Gasteiger charge is 2.05. The second-order valence-corrected chi connectivity index (χ2v) is 4.46. The number of rotatable bonds is 2. The van der Waals surface area contributed by atoms with Crippen molar-refractivity contribution < 1.29 is 0 Å². The molecule has 88 valence electrons. The van der Waals surface area contributed by atoms with Gasteiger partial charge in [0.2, 0.25) is 0 Å². The molecule has 1 aromatic heterocycles. The smallest absolute Gasteiger partial charge is 0.0708 e. The third-order valence-corrected chi connectivity index (χ3v) is 3.08. The Balaban J connectivity index is 2.53. The summed E-state index contributed by atoms with van der Waals surface area (Å²) < 4.78 is 0. The minimum absolute atomic E-state index is 0.548. The van der Waals surface area contributed by atoms with E-state index >= 15 is 0 Å². The molecule has 0 aliphatic carbocycles. The van der Waals surface area contributed by atoms with Crippen molar-refractivity contribution in [3.05, 3.63) is 52.7 Å². The van der Waals surface area contributed by atoms with E-state index in [0.717, 1.165) is 17.0 Å². The van der Waals surface area contributed by atoms with Crippen molar-refractivity contribution in [2.45, 2.75) is 27.3 Å². The number of benzene rings is 1. The van der Waals surface area contributed by atoms with Gasteiger partial charge in [-0.1, -0.05) is 23.8 Å². The van der Waals surface area contributed by atoms with Crippen molar-refractivity contribution >= 4 is 0 Å². The molecule has 0 atom stereocenters. The van der Waals surface area contributed by atoms with Crippen molar-refractivity contribution in [3.63, 3.8) is 0 Å². The lowest BCUT2D eigenvalue weighted by atomic mass is 10.0. The standard InChI is InChI=1S/C15H18N2/c1-10-4-5-11(2)14(8-10)15-7-6-13(9-16)12(3)17-15/h4-8H,9,16H2,1-3H3. The van der Waals surface area contributed by atoms with Crippen LogP contribution in [0.1, 0.15) is 22.4 Å². The Morgan fingerprint density at radius 3 is 2.47 bits per heavy atom. The van der Waals surface area contributed by atoms with E-state index < -0.39 is 0 Å². The van der Waals surface area contributed by atoms with Crippen LogP contribution in [-0.2, 0) is 6.54 Å². The van der Waals surface area contributed by atoms with Crippen LogP contribution in [0.2, 0.25) is 0 Å². The first-order chi connectivity index (χ1) is 8.11. The van der Waals surface area contributed by atoms with Crippen molar-refractivity contribution in [3.8, 4) is 11.3 Å². The van der Waals surface area contributed by atoms with Gasteiger partial charge in [-0.2, -0.15) is 0 Å². The van der Waals surface area contributed by atoms with Gasteiger partial charge >= 0.3 is 0 Å². The number of hydrogen-bond donors (Lipinski definition) is 1. The first kappa shape index (κ1) is 11.8. The van der Waals surface area contributed by atoms with Crippen LogP contribution in [0.4, 0.5) is 0 Å². The Labute approximate surface area is 103 Å². The summed E-state index contributed by atoms with van der Waals surface area (Å²) in [6.45, 7) is 6.77. The Kier molecular flexibility index (Phi) is 3.25. The summed E-state index contributed by atoms with van der Waals surface area (Å²) in [4.78, 5) is 4.64. The molecule has 0 radical (unpaired) electrons. The number of nitrogens with zero attached hydrogens (tertiary/aromatic N) is 1. The van der Waals surface area contributed by atoms with Gasteiger partial charge in [0, 0.05) is 17.8 Å². The molecule has 2 nitrogen and oxygen atoms in total. The van der Waals surface area contributed by atoms with E-state index in [1.165, 1.54) is 16.7 Å². The number of aromatic nitrogens is 1. The Hall–Kier alpha value is -1.67. The minimum Gasteiger partial charge on any atom is -0.326 e. The molecule has 0 bridgehead atoms. The molecule has 1 heterocycles. The third-order valence-electron chi connectivity index (χ3n) is 3.08. The van der Waals surface area contributed by atoms with Gasteiger partial charge in [-0.05, 0) is 44.0 Å². The second kappa shape index (κ2) is 4.68. The predicted octanol–water partition coefficient (Wildman–Crippen LogP) is 3.13. The normalized spacial score (nSPS) is 10.6. The van der Waals surface area contributed by atoms with Gasteiger partial charge in [0.25, 0.3) is 0 Å². The molecule has 0 saturated carbocycles. The van der Waals surface area contributed by atoms with Crippen LogP contribution in [0.25, 0.3) is 11.3 Å². The van der Waals surface area contributed by atoms with E-state index in [4.69, 9.17) is 5.73 Å². The molecule has 0 unspecified atom stereocenters. The van der Waals surface area contributed by atoms with Crippen molar-refractivity contribution in [2.75, 3.05) is 0 Å². The molecule has 0 spiro atoms. The molecule has 1 aromatic carbocycles. The number of nitrogens with two attached hydrogens (primary N) is 1. The largest absolute Gasteiger partial charge is 0.326 e. The third kappa shape index (κ3) is 2.37. The van der Waals surface area contributed by atoms with Gasteiger partial charge in [0.05, 0.1) is 5.69 Å². The summed E-state index contributed by atoms with van der Waals surface area (Å²) in [5, 5.41) is 0. The van der Waals surface area contributed by atoms with E-state index in [2.05, 4.69) is 49.2 Å². The number of aryl methyl sites for hydroxylation is 3. The Morgan fingerprint density at radius 1 is 1.06 bits per heavy atom. The van der Waals surface area contributed by atoms with E-state index in [9.17, 15) is 0 Å². The SMILES string of the molecule is Cc1ccc(C)c(-c2ccc(CN)c(C)n2)c1. The Bertz CT molecular complexity index is 545. The summed E-state index contributed by atoms with van der Waals surface area (Å²) in [5.74, 6) is 0. The molecular formula is C15H18N2. The Morgan fingerprint density at radius 2 is 1.82 bits per heavy atom. The summed E-state index contributed by atoms with van der Waals surface area (Å²) >= 11 is 0. The topological polar surface area (TPSA) is 38.9 Å². The van der Waals surface area contributed by atoms with E-state index in [0.29, 0.717) is 6.54 Å². The van der Waals surface area contributed by atoms with Crippen LogP contribution in [0.5, 0.6) is 0 Å². The molecule has 0 amide bonds. The molecular weight excluding hydrogens is 208 g/mol. The predicted molar refractivity (Wildman–Crippen MR) is 71.8 cm³/mol. The van der Waals surface area contributed by atoms with Crippen LogP contribution in [0, 0.1) is 20.8 Å². The lowest BCUT2D eigenvalue weighted by molar-refractivity contribution is 1.01. The maximum Gasteiger partial charge on any atom is 0.0708 e. The highest BCUT2D eigenvalue weighted by molar-refractivity contribution is 5.64. The van der Waals surface area contributed by atoms with Crippen LogP contribution < -0.4 is 5.73 Å². The average molecular weight is 226 g/mol. The highest BCUT2D eigenvalue weighted by atomic mass is 14.7. The van der Waals surface area contributed by atoms with Crippen molar-refractivity contribution in [2.24, 2.45) is 5.73 Å². The monoisotopic (exact) mass is 226 g/mol. The van der Waals surface area contributed by atoms with Gasteiger partial charge in [-0.25, -0.2) is 0 Å². The van der Waals surface area contributed by atoms with Crippen LogP contribution in [0.15, 0.2) is 30.3 Å². The van der Waals surface area contributed by atoms with E-state index in [1.54, 1.807) is 0 Å². The molecule has 2 N–H and O–H groups in total. The average Bonchev–Trinajstić information content (AvgIpc) is 2.32. The van der Waals surface area contributed by atoms with Gasteiger partial charge in [-0.3, -0.25) is 4.98 Å². The van der Waals surface area contributed by atoms with E-state index in [1.807, 2.05) is 6.92 Å². The van der Waals surface area contributed by atoms with Gasteiger partial charge in [0.15, 0.2) is 0 Å². The molecule has 2 heteroatoms. The fourth-order valence-electron chi connectivity index (χ4n) is 1.97. The zero-order chi connectivity index (χ0) is 12.4. The molecule has 0 fully saturated rings. The first-order valence-electron chi connectivity index (χ1n) is 5.86. The summed E-state index contributed by atoms with van der Waals surface area (Å²) in [6, 6.07) is 10.6. The van der Waals surface area contributed by atoms with Crippen LogP contribution in [0.3, 0.4) is 0 Å². The molecule has 2 rings (SSSR count). The molecule has 0 aliphatic heterocycles. The molecule has 0 saturated heterocycles. The van der Waals surface area contributed by atoms with Gasteiger partial charge in [-0.15, -0.1) is 0 Å².